The number of anilines is 1. The third kappa shape index (κ3) is 5.63. The molecule has 2 aliphatic heterocycles. The van der Waals surface area contributed by atoms with Gasteiger partial charge in [0, 0.05) is 23.7 Å². The number of benzene rings is 1. The van der Waals surface area contributed by atoms with Crippen LogP contribution in [0.2, 0.25) is 0 Å². The number of nitrogens with one attached hydrogen (secondary N) is 3. The summed E-state index contributed by atoms with van der Waals surface area (Å²) in [5, 5.41) is 9.92. The Morgan fingerprint density at radius 1 is 1.26 bits per heavy atom. The highest BCUT2D eigenvalue weighted by molar-refractivity contribution is 6.07. The number of hydrogen-bond acceptors (Lipinski definition) is 6. The fraction of sp³-hybridized carbons (Fsp3) is 0.680. The summed E-state index contributed by atoms with van der Waals surface area (Å²) in [4.78, 5) is 12.4. The fourth-order valence-corrected chi connectivity index (χ4v) is 5.57. The molecule has 0 amide bonds. The van der Waals surface area contributed by atoms with E-state index in [-0.39, 0.29) is 17.7 Å². The monoisotopic (exact) mass is 473 g/mol. The number of guanidine groups is 2. The molecule has 34 heavy (non-hydrogen) atoms. The normalized spacial score (nSPS) is 28.6. The van der Waals surface area contributed by atoms with Crippen LogP contribution in [0.1, 0.15) is 65.2 Å². The molecule has 1 saturated carbocycles. The van der Waals surface area contributed by atoms with Crippen molar-refractivity contribution in [3.8, 4) is 5.75 Å². The molecule has 3 atom stereocenters. The van der Waals surface area contributed by atoms with Gasteiger partial charge >= 0.3 is 0 Å². The number of likely N-dealkylation sites (tertiary alicyclic amines) is 1. The quantitative estimate of drug-likeness (QED) is 0.471. The van der Waals surface area contributed by atoms with Crippen molar-refractivity contribution in [2.45, 2.75) is 83.1 Å². The summed E-state index contributed by atoms with van der Waals surface area (Å²) in [6.07, 6.45) is 9.16. The van der Waals surface area contributed by atoms with Crippen LogP contribution in [0.4, 0.5) is 10.1 Å². The minimum Gasteiger partial charge on any atom is -0.494 e. The van der Waals surface area contributed by atoms with Gasteiger partial charge in [0.1, 0.15) is 0 Å². The van der Waals surface area contributed by atoms with Gasteiger partial charge in [-0.3, -0.25) is 16.0 Å². The summed E-state index contributed by atoms with van der Waals surface area (Å²) in [6, 6.07) is 5.27. The predicted molar refractivity (Wildman–Crippen MR) is 136 cm³/mol. The molecule has 0 radical (unpaired) electrons. The van der Waals surface area contributed by atoms with Gasteiger partial charge in [0.25, 0.3) is 0 Å². The van der Waals surface area contributed by atoms with Crippen LogP contribution in [0.3, 0.4) is 0 Å². The Bertz CT molecular complexity index is 899. The number of halogens is 1. The third-order valence-corrected chi connectivity index (χ3v) is 7.45. The van der Waals surface area contributed by atoms with Crippen molar-refractivity contribution in [1.29, 1.82) is 0 Å². The number of aliphatic imine (C=N–C) groups is 2. The smallest absolute Gasteiger partial charge is 0.206 e. The average Bonchev–Trinajstić information content (AvgIpc) is 3.11. The number of nitrogens with two attached hydrogens (primary N) is 1. The maximum atomic E-state index is 14.3. The van der Waals surface area contributed by atoms with Crippen molar-refractivity contribution in [3.05, 3.63) is 24.0 Å². The zero-order valence-corrected chi connectivity index (χ0v) is 20.7. The molecule has 188 valence electrons. The van der Waals surface area contributed by atoms with Crippen molar-refractivity contribution in [2.24, 2.45) is 21.6 Å². The van der Waals surface area contributed by atoms with Crippen molar-refractivity contribution >= 4 is 17.6 Å². The van der Waals surface area contributed by atoms with Crippen molar-refractivity contribution in [1.82, 2.24) is 15.5 Å². The topological polar surface area (TPSA) is 99.3 Å². The third-order valence-electron chi connectivity index (χ3n) is 7.45. The van der Waals surface area contributed by atoms with Crippen LogP contribution in [-0.4, -0.2) is 54.9 Å². The molecular weight excluding hydrogens is 433 g/mol. The van der Waals surface area contributed by atoms with Gasteiger partial charge in [-0.1, -0.05) is 32.6 Å². The van der Waals surface area contributed by atoms with E-state index in [9.17, 15) is 4.39 Å². The molecule has 4 rings (SSSR count). The van der Waals surface area contributed by atoms with Gasteiger partial charge in [-0.05, 0) is 57.8 Å². The number of nitrogens with zero attached hydrogens (tertiary/aromatic N) is 3. The van der Waals surface area contributed by atoms with Gasteiger partial charge < -0.3 is 15.4 Å². The standard InChI is InChI=1S/C25H40FN7O/c1-4-33-15-9-12-21(33)17(2)28-23-30-24(29-19-13-14-22(34-3)20(26)16-19)32-25(27,31-23)18-10-7-5-6-8-11-18/h13-14,16-18,21H,4-12,15,27H2,1-3H3,(H3,28,29,30,31,32)/t17-,21?,25?/m1/s1. The predicted octanol–water partition coefficient (Wildman–Crippen LogP) is 3.61. The Balaban J connectivity index is 1.60. The number of ether oxygens (including phenoxy) is 1. The van der Waals surface area contributed by atoms with E-state index in [2.05, 4.69) is 34.7 Å². The second-order valence-corrected chi connectivity index (χ2v) is 9.76. The van der Waals surface area contributed by atoms with Crippen LogP contribution in [0.25, 0.3) is 0 Å². The first-order valence-electron chi connectivity index (χ1n) is 12.8. The van der Waals surface area contributed by atoms with E-state index in [0.29, 0.717) is 23.6 Å². The van der Waals surface area contributed by atoms with Crippen LogP contribution in [-0.2, 0) is 0 Å². The van der Waals surface area contributed by atoms with Crippen LogP contribution in [0.5, 0.6) is 5.75 Å². The second kappa shape index (κ2) is 10.9. The first kappa shape index (κ1) is 24.7. The number of hydrogen-bond donors (Lipinski definition) is 4. The Hall–Kier alpha value is -2.39. The lowest BCUT2D eigenvalue weighted by atomic mass is 9.92. The molecular formula is C25H40FN7O. The van der Waals surface area contributed by atoms with E-state index >= 15 is 0 Å². The SMILES string of the molecule is CCN1CCCC1[C@@H](C)N=C1NC(Nc2ccc(OC)c(F)c2)=NC(N)(C2CCCCCC2)N1. The number of rotatable bonds is 6. The highest BCUT2D eigenvalue weighted by Crippen LogP contribution is 2.31. The zero-order valence-electron chi connectivity index (χ0n) is 20.7. The number of methoxy groups -OCH3 is 1. The molecule has 3 aliphatic rings. The Morgan fingerprint density at radius 3 is 2.71 bits per heavy atom. The molecule has 2 unspecified atom stereocenters. The van der Waals surface area contributed by atoms with Crippen LogP contribution >= 0.6 is 0 Å². The lowest BCUT2D eigenvalue weighted by molar-refractivity contribution is 0.223. The number of likely N-dealkylation sites (N-methyl/N-ethyl adjacent to an activating group) is 1. The summed E-state index contributed by atoms with van der Waals surface area (Å²) < 4.78 is 19.3. The highest BCUT2D eigenvalue weighted by Gasteiger charge is 2.40. The van der Waals surface area contributed by atoms with E-state index in [1.807, 2.05) is 0 Å². The van der Waals surface area contributed by atoms with E-state index in [0.717, 1.165) is 45.2 Å². The van der Waals surface area contributed by atoms with Gasteiger partial charge in [-0.2, -0.15) is 0 Å². The molecule has 1 aromatic carbocycles. The Morgan fingerprint density at radius 2 is 2.03 bits per heavy atom. The van der Waals surface area contributed by atoms with Gasteiger partial charge in [-0.25, -0.2) is 14.4 Å². The molecule has 0 bridgehead atoms. The van der Waals surface area contributed by atoms with Crippen LogP contribution in [0, 0.1) is 11.7 Å². The van der Waals surface area contributed by atoms with E-state index < -0.39 is 11.6 Å². The van der Waals surface area contributed by atoms with E-state index in [4.69, 9.17) is 20.5 Å². The van der Waals surface area contributed by atoms with Gasteiger partial charge in [-0.15, -0.1) is 0 Å². The van der Waals surface area contributed by atoms with Crippen molar-refractivity contribution in [2.75, 3.05) is 25.5 Å². The molecule has 1 saturated heterocycles. The zero-order chi connectivity index (χ0) is 24.1. The fourth-order valence-electron chi connectivity index (χ4n) is 5.57. The van der Waals surface area contributed by atoms with Gasteiger partial charge in [0.05, 0.1) is 13.2 Å². The molecule has 5 N–H and O–H groups in total. The summed E-state index contributed by atoms with van der Waals surface area (Å²) in [7, 11) is 1.45. The largest absolute Gasteiger partial charge is 0.494 e. The molecule has 8 nitrogen and oxygen atoms in total. The van der Waals surface area contributed by atoms with Crippen LogP contribution in [0.15, 0.2) is 28.2 Å². The minimum absolute atomic E-state index is 0.105. The average molecular weight is 474 g/mol. The first-order valence-corrected chi connectivity index (χ1v) is 12.8. The minimum atomic E-state index is -0.971. The molecule has 2 fully saturated rings. The molecule has 0 spiro atoms. The maximum Gasteiger partial charge on any atom is 0.206 e. The molecule has 1 aromatic rings. The summed E-state index contributed by atoms with van der Waals surface area (Å²) in [6.45, 7) is 6.52. The Kier molecular flexibility index (Phi) is 7.93. The lowest BCUT2D eigenvalue weighted by Gasteiger charge is -2.40. The lowest BCUT2D eigenvalue weighted by Crippen LogP contribution is -2.67. The summed E-state index contributed by atoms with van der Waals surface area (Å²) in [5.41, 5.74) is 7.50. The van der Waals surface area contributed by atoms with E-state index in [1.54, 1.807) is 12.1 Å². The summed E-state index contributed by atoms with van der Waals surface area (Å²) in [5.74, 6) is 0.0783. The van der Waals surface area contributed by atoms with Gasteiger partial charge in [0.15, 0.2) is 17.4 Å². The molecule has 2 heterocycles. The molecule has 1 aliphatic carbocycles. The molecule has 0 aromatic heterocycles. The van der Waals surface area contributed by atoms with Crippen molar-refractivity contribution in [3.63, 3.8) is 0 Å². The Labute approximate surface area is 202 Å². The van der Waals surface area contributed by atoms with Gasteiger partial charge in [0.2, 0.25) is 11.9 Å². The maximum absolute atomic E-state index is 14.3. The first-order chi connectivity index (χ1) is 16.4. The summed E-state index contributed by atoms with van der Waals surface area (Å²) >= 11 is 0. The van der Waals surface area contributed by atoms with E-state index in [1.165, 1.54) is 32.4 Å². The highest BCUT2D eigenvalue weighted by atomic mass is 19.1. The molecule has 9 heteroatoms. The van der Waals surface area contributed by atoms with Crippen LogP contribution < -0.4 is 26.4 Å². The van der Waals surface area contributed by atoms with Crippen molar-refractivity contribution < 1.29 is 9.13 Å². The second-order valence-electron chi connectivity index (χ2n) is 9.76.